The van der Waals surface area contributed by atoms with E-state index in [0.29, 0.717) is 34.9 Å². The number of benzene rings is 1. The number of carbonyl (C=O) groups is 4. The second-order valence-electron chi connectivity index (χ2n) is 9.91. The van der Waals surface area contributed by atoms with Crippen LogP contribution in [0.15, 0.2) is 30.4 Å². The lowest BCUT2D eigenvalue weighted by atomic mass is 9.85. The second kappa shape index (κ2) is 11.8. The van der Waals surface area contributed by atoms with Gasteiger partial charge in [0, 0.05) is 35.6 Å². The number of hydrogen-bond acceptors (Lipinski definition) is 4. The van der Waals surface area contributed by atoms with Crippen molar-refractivity contribution < 1.29 is 19.2 Å². The van der Waals surface area contributed by atoms with E-state index in [1.807, 2.05) is 19.1 Å². The predicted octanol–water partition coefficient (Wildman–Crippen LogP) is 4.50. The molecule has 9 heteroatoms. The van der Waals surface area contributed by atoms with Crippen molar-refractivity contribution in [2.75, 3.05) is 6.54 Å². The zero-order valence-corrected chi connectivity index (χ0v) is 22.1. The number of likely N-dealkylation sites (tertiary alicyclic amines) is 1. The Morgan fingerprint density at radius 3 is 2.31 bits per heavy atom. The van der Waals surface area contributed by atoms with E-state index in [4.69, 9.17) is 23.2 Å². The van der Waals surface area contributed by atoms with Crippen LogP contribution in [0.3, 0.4) is 0 Å². The number of carbonyl (C=O) groups excluding carboxylic acids is 4. The first-order valence-corrected chi connectivity index (χ1v) is 13.6. The van der Waals surface area contributed by atoms with E-state index in [9.17, 15) is 19.2 Å². The van der Waals surface area contributed by atoms with E-state index >= 15 is 0 Å². The van der Waals surface area contributed by atoms with Crippen LogP contribution in [0, 0.1) is 11.8 Å². The molecule has 1 heterocycles. The highest BCUT2D eigenvalue weighted by molar-refractivity contribution is 6.35. The number of nitrogens with one attached hydrogen (secondary N) is 1. The summed E-state index contributed by atoms with van der Waals surface area (Å²) in [5.74, 6) is -1.57. The summed E-state index contributed by atoms with van der Waals surface area (Å²) in [5.41, 5.74) is 0.673. The largest absolute Gasteiger partial charge is 0.352 e. The van der Waals surface area contributed by atoms with Gasteiger partial charge in [-0.2, -0.15) is 0 Å². The Morgan fingerprint density at radius 2 is 1.72 bits per heavy atom. The number of amides is 4. The molecule has 4 amide bonds. The number of imide groups is 1. The van der Waals surface area contributed by atoms with Crippen LogP contribution >= 0.6 is 23.2 Å². The molecule has 0 aromatic heterocycles. The average molecular weight is 534 g/mol. The van der Waals surface area contributed by atoms with Gasteiger partial charge in [-0.15, -0.1) is 0 Å². The average Bonchev–Trinajstić information content (AvgIpc) is 3.45. The molecule has 1 saturated carbocycles. The Morgan fingerprint density at radius 1 is 1.08 bits per heavy atom. The molecular formula is C27H33Cl2N3O4. The van der Waals surface area contributed by atoms with Crippen molar-refractivity contribution in [1.82, 2.24) is 15.1 Å². The molecule has 0 bridgehead atoms. The molecule has 4 rings (SSSR count). The minimum Gasteiger partial charge on any atom is -0.352 e. The van der Waals surface area contributed by atoms with Crippen LogP contribution in [-0.2, 0) is 25.7 Å². The summed E-state index contributed by atoms with van der Waals surface area (Å²) in [7, 11) is 0. The van der Waals surface area contributed by atoms with E-state index in [0.717, 1.165) is 25.7 Å². The molecule has 1 N–H and O–H groups in total. The van der Waals surface area contributed by atoms with Crippen molar-refractivity contribution >= 4 is 46.8 Å². The van der Waals surface area contributed by atoms with Gasteiger partial charge >= 0.3 is 0 Å². The summed E-state index contributed by atoms with van der Waals surface area (Å²) in [6.07, 6.45) is 9.40. The van der Waals surface area contributed by atoms with Gasteiger partial charge in [0.1, 0.15) is 6.04 Å². The van der Waals surface area contributed by atoms with Gasteiger partial charge in [0.2, 0.25) is 23.6 Å². The summed E-state index contributed by atoms with van der Waals surface area (Å²) in [6, 6.07) is 4.49. The third-order valence-electron chi connectivity index (χ3n) is 7.59. The first-order valence-electron chi connectivity index (χ1n) is 12.8. The van der Waals surface area contributed by atoms with Crippen LogP contribution in [0.1, 0.15) is 63.9 Å². The molecule has 194 valence electrons. The third kappa shape index (κ3) is 5.78. The quantitative estimate of drug-likeness (QED) is 0.374. The number of halogens is 2. The van der Waals surface area contributed by atoms with Crippen molar-refractivity contribution in [3.63, 3.8) is 0 Å². The highest BCUT2D eigenvalue weighted by atomic mass is 35.5. The number of allylic oxidation sites excluding steroid dienone is 2. The van der Waals surface area contributed by atoms with Crippen LogP contribution < -0.4 is 5.32 Å². The minimum atomic E-state index is -0.693. The van der Waals surface area contributed by atoms with Crippen molar-refractivity contribution in [2.24, 2.45) is 11.8 Å². The molecule has 7 nitrogen and oxygen atoms in total. The van der Waals surface area contributed by atoms with Gasteiger partial charge in [-0.3, -0.25) is 24.1 Å². The molecule has 0 radical (unpaired) electrons. The highest BCUT2D eigenvalue weighted by Gasteiger charge is 2.47. The Labute approximate surface area is 222 Å². The Bertz CT molecular complexity index is 1030. The molecule has 2 aliphatic carbocycles. The lowest BCUT2D eigenvalue weighted by Crippen LogP contribution is -2.51. The maximum absolute atomic E-state index is 13.6. The van der Waals surface area contributed by atoms with E-state index in [2.05, 4.69) is 5.32 Å². The summed E-state index contributed by atoms with van der Waals surface area (Å²) < 4.78 is 0. The van der Waals surface area contributed by atoms with Gasteiger partial charge in [-0.25, -0.2) is 0 Å². The lowest BCUT2D eigenvalue weighted by molar-refractivity contribution is -0.144. The predicted molar refractivity (Wildman–Crippen MR) is 138 cm³/mol. The van der Waals surface area contributed by atoms with Crippen molar-refractivity contribution in [3.05, 3.63) is 46.0 Å². The van der Waals surface area contributed by atoms with E-state index < -0.39 is 6.04 Å². The lowest BCUT2D eigenvalue weighted by Gasteiger charge is -2.32. The Hall–Kier alpha value is -2.38. The molecule has 2 fully saturated rings. The topological polar surface area (TPSA) is 86.8 Å². The van der Waals surface area contributed by atoms with Crippen LogP contribution in [0.25, 0.3) is 0 Å². The van der Waals surface area contributed by atoms with Gasteiger partial charge in [0.05, 0.1) is 11.8 Å². The fourth-order valence-electron chi connectivity index (χ4n) is 5.56. The summed E-state index contributed by atoms with van der Waals surface area (Å²) in [5, 5.41) is 4.00. The molecule has 1 aromatic rings. The van der Waals surface area contributed by atoms with Crippen molar-refractivity contribution in [3.8, 4) is 0 Å². The number of hydrogen-bond donors (Lipinski definition) is 1. The molecule has 0 unspecified atom stereocenters. The standard InChI is InChI=1S/C27H33Cl2N3O4/c1-2-23(25(34)30-19-7-3-4-8-19)32(16-17-11-12-18(28)15-22(17)29)24(33)13-14-31-26(35)20-9-5-6-10-21(20)27(31)36/h5-6,11-12,15,19-21,23H,2-4,7-10,13-14,16H2,1H3,(H,30,34)/t20-,21+,23-/m1/s1. The zero-order valence-electron chi connectivity index (χ0n) is 20.6. The van der Waals surface area contributed by atoms with E-state index in [1.54, 1.807) is 18.2 Å². The molecule has 1 saturated heterocycles. The monoisotopic (exact) mass is 533 g/mol. The number of fused-ring (bicyclic) bond motifs is 1. The maximum atomic E-state index is 13.6. The highest BCUT2D eigenvalue weighted by Crippen LogP contribution is 2.35. The number of rotatable bonds is 9. The number of nitrogens with zero attached hydrogens (tertiary/aromatic N) is 2. The summed E-state index contributed by atoms with van der Waals surface area (Å²) >= 11 is 12.5. The first kappa shape index (κ1) is 26.7. The van der Waals surface area contributed by atoms with E-state index in [1.165, 1.54) is 9.80 Å². The normalized spacial score (nSPS) is 22.6. The Balaban J connectivity index is 1.50. The zero-order chi connectivity index (χ0) is 25.8. The summed E-state index contributed by atoms with van der Waals surface area (Å²) in [4.78, 5) is 55.3. The smallest absolute Gasteiger partial charge is 0.243 e. The second-order valence-corrected chi connectivity index (χ2v) is 10.7. The maximum Gasteiger partial charge on any atom is 0.243 e. The van der Waals surface area contributed by atoms with Gasteiger partial charge < -0.3 is 10.2 Å². The minimum absolute atomic E-state index is 0.00896. The van der Waals surface area contributed by atoms with Crippen molar-refractivity contribution in [2.45, 2.75) is 76.9 Å². The van der Waals surface area contributed by atoms with Crippen LogP contribution in [-0.4, -0.2) is 52.1 Å². The molecule has 3 aliphatic rings. The van der Waals surface area contributed by atoms with E-state index in [-0.39, 0.29) is 61.0 Å². The van der Waals surface area contributed by atoms with Crippen LogP contribution in [0.4, 0.5) is 0 Å². The van der Waals surface area contributed by atoms with Gasteiger partial charge in [-0.1, -0.05) is 61.2 Å². The first-order chi connectivity index (χ1) is 17.3. The molecule has 0 spiro atoms. The van der Waals surface area contributed by atoms with Crippen LogP contribution in [0.2, 0.25) is 10.0 Å². The third-order valence-corrected chi connectivity index (χ3v) is 8.18. The molecule has 1 aromatic carbocycles. The van der Waals surface area contributed by atoms with Crippen LogP contribution in [0.5, 0.6) is 0 Å². The molecule has 1 aliphatic heterocycles. The molecular weight excluding hydrogens is 501 g/mol. The van der Waals surface area contributed by atoms with Gasteiger partial charge in [-0.05, 0) is 49.8 Å². The van der Waals surface area contributed by atoms with Gasteiger partial charge in [0.25, 0.3) is 0 Å². The summed E-state index contributed by atoms with van der Waals surface area (Å²) in [6.45, 7) is 2.01. The molecule has 36 heavy (non-hydrogen) atoms. The fourth-order valence-corrected chi connectivity index (χ4v) is 6.03. The fraction of sp³-hybridized carbons (Fsp3) is 0.556. The van der Waals surface area contributed by atoms with Crippen molar-refractivity contribution in [1.29, 1.82) is 0 Å². The Kier molecular flexibility index (Phi) is 8.73. The van der Waals surface area contributed by atoms with Gasteiger partial charge in [0.15, 0.2) is 0 Å². The SMILES string of the molecule is CC[C@H](C(=O)NC1CCCC1)N(Cc1ccc(Cl)cc1Cl)C(=O)CCN1C(=O)[C@H]2CC=CC[C@H]2C1=O. The molecule has 3 atom stereocenters.